The summed E-state index contributed by atoms with van der Waals surface area (Å²) in [5.74, 6) is 0. The van der Waals surface area contributed by atoms with E-state index in [1.807, 2.05) is 19.9 Å². The van der Waals surface area contributed by atoms with E-state index in [2.05, 4.69) is 9.82 Å². The highest BCUT2D eigenvalue weighted by atomic mass is 32.2. The third kappa shape index (κ3) is 2.98. The maximum Gasteiger partial charge on any atom is 0.250 e. The Morgan fingerprint density at radius 2 is 2.22 bits per heavy atom. The van der Waals surface area contributed by atoms with Crippen LogP contribution in [0.2, 0.25) is 0 Å². The SMILES string of the molecule is Cc1cc(C)n(CCNS(=O)(=O)c2cccs2)n1. The van der Waals surface area contributed by atoms with Gasteiger partial charge in [-0.1, -0.05) is 6.07 Å². The molecule has 2 aromatic rings. The minimum absolute atomic E-state index is 0.336. The van der Waals surface area contributed by atoms with Gasteiger partial charge in [0.05, 0.1) is 12.2 Å². The van der Waals surface area contributed by atoms with E-state index in [1.165, 1.54) is 11.3 Å². The number of thiophene rings is 1. The fourth-order valence-corrected chi connectivity index (χ4v) is 3.73. The average Bonchev–Trinajstić information content (AvgIpc) is 2.89. The molecule has 2 heterocycles. The third-order valence-electron chi connectivity index (χ3n) is 2.48. The second-order valence-electron chi connectivity index (χ2n) is 3.98. The van der Waals surface area contributed by atoms with Crippen molar-refractivity contribution in [3.8, 4) is 0 Å². The van der Waals surface area contributed by atoms with Crippen LogP contribution in [0, 0.1) is 13.8 Å². The maximum atomic E-state index is 11.8. The highest BCUT2D eigenvalue weighted by Gasteiger charge is 2.14. The molecule has 0 fully saturated rings. The summed E-state index contributed by atoms with van der Waals surface area (Å²) >= 11 is 1.21. The number of rotatable bonds is 5. The quantitative estimate of drug-likeness (QED) is 0.906. The van der Waals surface area contributed by atoms with Crippen LogP contribution in [0.4, 0.5) is 0 Å². The van der Waals surface area contributed by atoms with E-state index in [0.29, 0.717) is 17.3 Å². The second-order valence-corrected chi connectivity index (χ2v) is 6.92. The molecule has 0 amide bonds. The van der Waals surface area contributed by atoms with Gasteiger partial charge in [0.15, 0.2) is 0 Å². The van der Waals surface area contributed by atoms with Crippen LogP contribution in [0.25, 0.3) is 0 Å². The fourth-order valence-electron chi connectivity index (χ4n) is 1.67. The molecule has 5 nitrogen and oxygen atoms in total. The highest BCUT2D eigenvalue weighted by Crippen LogP contribution is 2.14. The van der Waals surface area contributed by atoms with Crippen molar-refractivity contribution in [2.45, 2.75) is 24.6 Å². The Kier molecular flexibility index (Phi) is 3.84. The van der Waals surface area contributed by atoms with E-state index in [4.69, 9.17) is 0 Å². The van der Waals surface area contributed by atoms with Crippen LogP contribution in [0.3, 0.4) is 0 Å². The molecule has 0 unspecified atom stereocenters. The minimum Gasteiger partial charge on any atom is -0.268 e. The van der Waals surface area contributed by atoms with Crippen molar-refractivity contribution in [1.82, 2.24) is 14.5 Å². The van der Waals surface area contributed by atoms with Gasteiger partial charge < -0.3 is 0 Å². The molecule has 0 radical (unpaired) electrons. The number of aryl methyl sites for hydroxylation is 2. The van der Waals surface area contributed by atoms with Crippen molar-refractivity contribution < 1.29 is 8.42 Å². The first kappa shape index (κ1) is 13.3. The van der Waals surface area contributed by atoms with Gasteiger partial charge in [0.1, 0.15) is 4.21 Å². The summed E-state index contributed by atoms with van der Waals surface area (Å²) < 4.78 is 28.4. The fraction of sp³-hybridized carbons (Fsp3) is 0.364. The van der Waals surface area contributed by atoms with E-state index in [-0.39, 0.29) is 0 Å². The lowest BCUT2D eigenvalue weighted by Crippen LogP contribution is -2.27. The zero-order valence-corrected chi connectivity index (χ0v) is 11.9. The molecule has 1 N–H and O–H groups in total. The number of nitrogens with zero attached hydrogens (tertiary/aromatic N) is 2. The molecular formula is C11H15N3O2S2. The van der Waals surface area contributed by atoms with Crippen molar-refractivity contribution in [2.24, 2.45) is 0 Å². The number of nitrogens with one attached hydrogen (secondary N) is 1. The molecule has 2 aromatic heterocycles. The van der Waals surface area contributed by atoms with Gasteiger partial charge in [-0.15, -0.1) is 11.3 Å². The van der Waals surface area contributed by atoms with Gasteiger partial charge >= 0.3 is 0 Å². The smallest absolute Gasteiger partial charge is 0.250 e. The normalized spacial score (nSPS) is 11.9. The topological polar surface area (TPSA) is 64.0 Å². The average molecular weight is 285 g/mol. The summed E-state index contributed by atoms with van der Waals surface area (Å²) in [6, 6.07) is 5.28. The largest absolute Gasteiger partial charge is 0.268 e. The van der Waals surface area contributed by atoms with Crippen molar-refractivity contribution in [3.63, 3.8) is 0 Å². The monoisotopic (exact) mass is 285 g/mol. The maximum absolute atomic E-state index is 11.8. The van der Waals surface area contributed by atoms with Gasteiger partial charge in [0, 0.05) is 12.2 Å². The van der Waals surface area contributed by atoms with Crippen molar-refractivity contribution >= 4 is 21.4 Å². The predicted octanol–water partition coefficient (Wildman–Crippen LogP) is 1.54. The van der Waals surface area contributed by atoms with Gasteiger partial charge in [-0.05, 0) is 31.4 Å². The van der Waals surface area contributed by atoms with Crippen molar-refractivity contribution in [3.05, 3.63) is 35.0 Å². The Labute approximate surface area is 111 Å². The lowest BCUT2D eigenvalue weighted by molar-refractivity contribution is 0.555. The Bertz CT molecular complexity index is 615. The summed E-state index contributed by atoms with van der Waals surface area (Å²) in [4.78, 5) is 0. The molecule has 0 bridgehead atoms. The Morgan fingerprint density at radius 3 is 2.78 bits per heavy atom. The van der Waals surface area contributed by atoms with Gasteiger partial charge in [-0.25, -0.2) is 13.1 Å². The van der Waals surface area contributed by atoms with Crippen LogP contribution in [-0.4, -0.2) is 24.7 Å². The first-order chi connectivity index (χ1) is 8.49. The van der Waals surface area contributed by atoms with E-state index in [9.17, 15) is 8.42 Å². The molecular weight excluding hydrogens is 270 g/mol. The standard InChI is InChI=1S/C11H15N3O2S2/c1-9-8-10(2)14(13-9)6-5-12-18(15,16)11-4-3-7-17-11/h3-4,7-8,12H,5-6H2,1-2H3. The Balaban J connectivity index is 1.95. The lowest BCUT2D eigenvalue weighted by atomic mass is 10.4. The van der Waals surface area contributed by atoms with Gasteiger partial charge in [0.2, 0.25) is 10.0 Å². The highest BCUT2D eigenvalue weighted by molar-refractivity contribution is 7.91. The second kappa shape index (κ2) is 5.21. The molecule has 0 aliphatic rings. The van der Waals surface area contributed by atoms with Crippen LogP contribution in [0.5, 0.6) is 0 Å². The van der Waals surface area contributed by atoms with E-state index < -0.39 is 10.0 Å². The van der Waals surface area contributed by atoms with Crippen molar-refractivity contribution in [2.75, 3.05) is 6.54 Å². The van der Waals surface area contributed by atoms with E-state index in [1.54, 1.807) is 22.2 Å². The Morgan fingerprint density at radius 1 is 1.44 bits per heavy atom. The van der Waals surface area contributed by atoms with Crippen LogP contribution >= 0.6 is 11.3 Å². The molecule has 2 rings (SSSR count). The van der Waals surface area contributed by atoms with Gasteiger partial charge in [-0.2, -0.15) is 5.10 Å². The molecule has 98 valence electrons. The predicted molar refractivity (Wildman–Crippen MR) is 71.2 cm³/mol. The molecule has 18 heavy (non-hydrogen) atoms. The number of hydrogen-bond acceptors (Lipinski definition) is 4. The van der Waals surface area contributed by atoms with E-state index >= 15 is 0 Å². The molecule has 0 atom stereocenters. The Hall–Kier alpha value is -1.18. The molecule has 7 heteroatoms. The van der Waals surface area contributed by atoms with Crippen LogP contribution in [0.1, 0.15) is 11.4 Å². The zero-order chi connectivity index (χ0) is 13.2. The number of sulfonamides is 1. The summed E-state index contributed by atoms with van der Waals surface area (Å²) in [5.41, 5.74) is 1.97. The molecule has 0 saturated heterocycles. The van der Waals surface area contributed by atoms with Crippen LogP contribution in [0.15, 0.2) is 27.8 Å². The number of aromatic nitrogens is 2. The summed E-state index contributed by atoms with van der Waals surface area (Å²) in [7, 11) is -3.37. The van der Waals surface area contributed by atoms with Crippen LogP contribution in [-0.2, 0) is 16.6 Å². The molecule has 0 aliphatic heterocycles. The lowest BCUT2D eigenvalue weighted by Gasteiger charge is -2.06. The molecule has 0 aromatic carbocycles. The van der Waals surface area contributed by atoms with E-state index in [0.717, 1.165) is 11.4 Å². The van der Waals surface area contributed by atoms with Gasteiger partial charge in [-0.3, -0.25) is 4.68 Å². The first-order valence-corrected chi connectivity index (χ1v) is 7.89. The summed E-state index contributed by atoms with van der Waals surface area (Å²) in [6.07, 6.45) is 0. The van der Waals surface area contributed by atoms with Gasteiger partial charge in [0.25, 0.3) is 0 Å². The van der Waals surface area contributed by atoms with Crippen molar-refractivity contribution in [1.29, 1.82) is 0 Å². The molecule has 0 saturated carbocycles. The molecule has 0 aliphatic carbocycles. The summed E-state index contributed by atoms with van der Waals surface area (Å²) in [6.45, 7) is 4.74. The number of hydrogen-bond donors (Lipinski definition) is 1. The molecule has 0 spiro atoms. The minimum atomic E-state index is -3.37. The third-order valence-corrected chi connectivity index (χ3v) is 5.34. The summed E-state index contributed by atoms with van der Waals surface area (Å²) in [5, 5.41) is 6.02. The zero-order valence-electron chi connectivity index (χ0n) is 10.3. The van der Waals surface area contributed by atoms with Crippen LogP contribution < -0.4 is 4.72 Å². The first-order valence-electron chi connectivity index (χ1n) is 5.53.